The van der Waals surface area contributed by atoms with Crippen LogP contribution < -0.4 is 10.5 Å². The molecule has 3 aromatic heterocycles. The van der Waals surface area contributed by atoms with Gasteiger partial charge in [-0.05, 0) is 26.0 Å². The Balaban J connectivity index is 1.24. The van der Waals surface area contributed by atoms with Gasteiger partial charge in [0.05, 0.1) is 35.6 Å². The van der Waals surface area contributed by atoms with E-state index in [1.807, 2.05) is 48.9 Å². The summed E-state index contributed by atoms with van der Waals surface area (Å²) in [7, 11) is 1.86. The second kappa shape index (κ2) is 9.41. The number of aryl methyl sites for hydroxylation is 1. The standard InChI is InChI=1S/C24H29N9O2/c1-16(2)33(13-20-28-19-7-5-4-6-17(19)24(35)29-20)14-21(34)31-8-10-32(11-9-31)23-18-12-27-30(3)22(18)25-15-26-23/h4-7,12,15-16H,8-11,13-14H2,1-3H3,(H,28,29,35). The number of carbonyl (C=O) groups is 1. The Hall–Kier alpha value is -3.86. The molecule has 1 saturated heterocycles. The van der Waals surface area contributed by atoms with E-state index in [1.54, 1.807) is 23.3 Å². The number of H-pyrrole nitrogens is 1. The average Bonchev–Trinajstić information content (AvgIpc) is 3.24. The fourth-order valence-electron chi connectivity index (χ4n) is 4.47. The number of aromatic nitrogens is 6. The number of benzene rings is 1. The van der Waals surface area contributed by atoms with Crippen molar-refractivity contribution in [2.75, 3.05) is 37.6 Å². The summed E-state index contributed by atoms with van der Waals surface area (Å²) < 4.78 is 1.73. The lowest BCUT2D eigenvalue weighted by molar-refractivity contribution is -0.133. The van der Waals surface area contributed by atoms with Crippen molar-refractivity contribution in [3.8, 4) is 0 Å². The molecule has 1 aliphatic heterocycles. The highest BCUT2D eigenvalue weighted by Gasteiger charge is 2.26. The van der Waals surface area contributed by atoms with Crippen LogP contribution in [-0.2, 0) is 18.4 Å². The third-order valence-corrected chi connectivity index (χ3v) is 6.52. The minimum atomic E-state index is -0.163. The topological polar surface area (TPSA) is 116 Å². The highest BCUT2D eigenvalue weighted by Crippen LogP contribution is 2.23. The number of hydrogen-bond acceptors (Lipinski definition) is 8. The molecule has 0 atom stereocenters. The van der Waals surface area contributed by atoms with Gasteiger partial charge < -0.3 is 14.8 Å². The summed E-state index contributed by atoms with van der Waals surface area (Å²) in [5, 5.41) is 5.77. The van der Waals surface area contributed by atoms with E-state index < -0.39 is 0 Å². The molecule has 11 heteroatoms. The van der Waals surface area contributed by atoms with E-state index in [4.69, 9.17) is 0 Å². The van der Waals surface area contributed by atoms with Gasteiger partial charge in [-0.25, -0.2) is 15.0 Å². The number of anilines is 1. The van der Waals surface area contributed by atoms with Gasteiger partial charge in [-0.15, -0.1) is 0 Å². The number of rotatable bonds is 6. The van der Waals surface area contributed by atoms with Crippen molar-refractivity contribution in [1.29, 1.82) is 0 Å². The Labute approximate surface area is 202 Å². The van der Waals surface area contributed by atoms with Gasteiger partial charge in [-0.1, -0.05) is 12.1 Å². The summed E-state index contributed by atoms with van der Waals surface area (Å²) in [5.74, 6) is 1.48. The molecule has 1 aromatic carbocycles. The number of hydrogen-bond donors (Lipinski definition) is 1. The molecule has 1 aliphatic rings. The maximum absolute atomic E-state index is 13.2. The number of fused-ring (bicyclic) bond motifs is 2. The van der Waals surface area contributed by atoms with Crippen LogP contribution in [0.3, 0.4) is 0 Å². The molecule has 1 N–H and O–H groups in total. The zero-order valence-corrected chi connectivity index (χ0v) is 20.2. The lowest BCUT2D eigenvalue weighted by Gasteiger charge is -2.37. The predicted octanol–water partition coefficient (Wildman–Crippen LogP) is 1.16. The second-order valence-electron chi connectivity index (χ2n) is 9.10. The monoisotopic (exact) mass is 475 g/mol. The number of nitrogens with zero attached hydrogens (tertiary/aromatic N) is 8. The molecule has 1 fully saturated rings. The SMILES string of the molecule is CC(C)N(CC(=O)N1CCN(c2ncnc3c2cnn3C)CC1)Cc1nc2ccccc2c(=O)[nH]1. The normalized spacial score (nSPS) is 14.5. The zero-order chi connectivity index (χ0) is 24.5. The molecule has 1 amide bonds. The van der Waals surface area contributed by atoms with Gasteiger partial charge in [0, 0.05) is 39.3 Å². The minimum absolute atomic E-state index is 0.0655. The zero-order valence-electron chi connectivity index (χ0n) is 20.2. The van der Waals surface area contributed by atoms with Crippen LogP contribution in [0.5, 0.6) is 0 Å². The molecule has 0 unspecified atom stereocenters. The van der Waals surface area contributed by atoms with Crippen molar-refractivity contribution < 1.29 is 4.79 Å². The van der Waals surface area contributed by atoms with Crippen LogP contribution >= 0.6 is 0 Å². The molecule has 11 nitrogen and oxygen atoms in total. The number of nitrogens with one attached hydrogen (secondary N) is 1. The van der Waals surface area contributed by atoms with Crippen LogP contribution in [0.2, 0.25) is 0 Å². The summed E-state index contributed by atoms with van der Waals surface area (Å²) in [5.41, 5.74) is 1.29. The van der Waals surface area contributed by atoms with Gasteiger partial charge in [0.25, 0.3) is 5.56 Å². The molecule has 0 spiro atoms. The second-order valence-corrected chi connectivity index (χ2v) is 9.10. The highest BCUT2D eigenvalue weighted by atomic mass is 16.2. The van der Waals surface area contributed by atoms with Crippen molar-refractivity contribution in [3.05, 3.63) is 53.0 Å². The van der Waals surface area contributed by atoms with Gasteiger partial charge in [-0.3, -0.25) is 19.2 Å². The van der Waals surface area contributed by atoms with Crippen molar-refractivity contribution in [2.45, 2.75) is 26.4 Å². The summed E-state index contributed by atoms with van der Waals surface area (Å²) in [6, 6.07) is 7.38. The van der Waals surface area contributed by atoms with E-state index in [-0.39, 0.29) is 24.1 Å². The van der Waals surface area contributed by atoms with E-state index in [9.17, 15) is 9.59 Å². The van der Waals surface area contributed by atoms with Crippen molar-refractivity contribution in [1.82, 2.24) is 39.5 Å². The summed E-state index contributed by atoms with van der Waals surface area (Å²) in [4.78, 5) is 48.0. The molecular formula is C24H29N9O2. The van der Waals surface area contributed by atoms with Crippen molar-refractivity contribution in [3.63, 3.8) is 0 Å². The quantitative estimate of drug-likeness (QED) is 0.442. The van der Waals surface area contributed by atoms with E-state index in [0.29, 0.717) is 49.5 Å². The molecule has 5 rings (SSSR count). The van der Waals surface area contributed by atoms with Gasteiger partial charge in [0.2, 0.25) is 5.91 Å². The van der Waals surface area contributed by atoms with Crippen LogP contribution in [-0.4, -0.2) is 84.2 Å². The fourth-order valence-corrected chi connectivity index (χ4v) is 4.47. The maximum Gasteiger partial charge on any atom is 0.258 e. The van der Waals surface area contributed by atoms with E-state index >= 15 is 0 Å². The van der Waals surface area contributed by atoms with E-state index in [0.717, 1.165) is 16.9 Å². The average molecular weight is 476 g/mol. The minimum Gasteiger partial charge on any atom is -0.352 e. The van der Waals surface area contributed by atoms with Gasteiger partial charge in [0.15, 0.2) is 5.65 Å². The molecule has 182 valence electrons. The summed E-state index contributed by atoms with van der Waals surface area (Å²) >= 11 is 0. The lowest BCUT2D eigenvalue weighted by Crippen LogP contribution is -2.52. The van der Waals surface area contributed by atoms with E-state index in [1.165, 1.54) is 0 Å². The van der Waals surface area contributed by atoms with Gasteiger partial charge in [-0.2, -0.15) is 5.10 Å². The molecule has 0 bridgehead atoms. The molecule has 0 radical (unpaired) electrons. The molecular weight excluding hydrogens is 446 g/mol. The van der Waals surface area contributed by atoms with E-state index in [2.05, 4.69) is 29.9 Å². The van der Waals surface area contributed by atoms with Crippen LogP contribution in [0.1, 0.15) is 19.7 Å². The molecule has 35 heavy (non-hydrogen) atoms. The fraction of sp³-hybridized carbons (Fsp3) is 0.417. The van der Waals surface area contributed by atoms with Crippen LogP contribution in [0.25, 0.3) is 21.9 Å². The summed E-state index contributed by atoms with van der Waals surface area (Å²) in [6.45, 7) is 7.33. The Morgan fingerprint density at radius 3 is 2.66 bits per heavy atom. The Bertz CT molecular complexity index is 1420. The first kappa shape index (κ1) is 22.9. The van der Waals surface area contributed by atoms with Crippen molar-refractivity contribution in [2.24, 2.45) is 7.05 Å². The first-order valence-corrected chi connectivity index (χ1v) is 11.8. The van der Waals surface area contributed by atoms with Crippen LogP contribution in [0.15, 0.2) is 41.6 Å². The largest absolute Gasteiger partial charge is 0.352 e. The van der Waals surface area contributed by atoms with Crippen LogP contribution in [0, 0.1) is 0 Å². The summed E-state index contributed by atoms with van der Waals surface area (Å²) in [6.07, 6.45) is 3.34. The first-order valence-electron chi connectivity index (χ1n) is 11.8. The number of piperazine rings is 1. The number of para-hydroxylation sites is 1. The predicted molar refractivity (Wildman–Crippen MR) is 133 cm³/mol. The first-order chi connectivity index (χ1) is 16.9. The lowest BCUT2D eigenvalue weighted by atomic mass is 10.2. The Morgan fingerprint density at radius 2 is 1.89 bits per heavy atom. The number of carbonyl (C=O) groups excluding carboxylic acids is 1. The van der Waals surface area contributed by atoms with Gasteiger partial charge in [0.1, 0.15) is 18.0 Å². The van der Waals surface area contributed by atoms with Crippen molar-refractivity contribution >= 4 is 33.7 Å². The molecule has 4 aromatic rings. The van der Waals surface area contributed by atoms with Gasteiger partial charge >= 0.3 is 0 Å². The third kappa shape index (κ3) is 4.59. The molecule has 0 aliphatic carbocycles. The Kier molecular flexibility index (Phi) is 6.16. The maximum atomic E-state index is 13.2. The molecule has 4 heterocycles. The highest BCUT2D eigenvalue weighted by molar-refractivity contribution is 5.87. The van der Waals surface area contributed by atoms with Crippen LogP contribution in [0.4, 0.5) is 5.82 Å². The molecule has 0 saturated carbocycles. The Morgan fingerprint density at radius 1 is 1.11 bits per heavy atom. The number of aromatic amines is 1. The smallest absolute Gasteiger partial charge is 0.258 e. The number of amides is 1. The third-order valence-electron chi connectivity index (χ3n) is 6.52.